The Bertz CT molecular complexity index is 716. The number of methoxy groups -OCH3 is 1. The van der Waals surface area contributed by atoms with Gasteiger partial charge in [-0.05, 0) is 36.8 Å². The zero-order chi connectivity index (χ0) is 16.5. The van der Waals surface area contributed by atoms with E-state index in [0.29, 0.717) is 5.92 Å². The maximum atomic E-state index is 12.9. The van der Waals surface area contributed by atoms with E-state index < -0.39 is 0 Å². The molecule has 6 heteroatoms. The lowest BCUT2D eigenvalue weighted by molar-refractivity contribution is -0.134. The third kappa shape index (κ3) is 2.77. The van der Waals surface area contributed by atoms with Crippen LogP contribution >= 0.6 is 0 Å². The van der Waals surface area contributed by atoms with Crippen molar-refractivity contribution >= 4 is 5.91 Å². The molecule has 1 aromatic heterocycles. The Hall–Kier alpha value is -2.37. The predicted molar refractivity (Wildman–Crippen MR) is 88.7 cm³/mol. The SMILES string of the molecule is COc1ccccc1[C@@H]1C[C@@H]1C(=O)N1CCC[C@@H](n2cncn2)C1. The van der Waals surface area contributed by atoms with Gasteiger partial charge in [0.25, 0.3) is 0 Å². The second-order valence-electron chi connectivity index (χ2n) is 6.65. The van der Waals surface area contributed by atoms with Crippen LogP contribution in [0, 0.1) is 5.92 Å². The number of carbonyl (C=O) groups is 1. The first-order chi connectivity index (χ1) is 11.8. The Kier molecular flexibility index (Phi) is 3.96. The molecule has 2 aliphatic rings. The van der Waals surface area contributed by atoms with Crippen LogP contribution in [-0.4, -0.2) is 45.8 Å². The third-order valence-corrected chi connectivity index (χ3v) is 5.16. The Morgan fingerprint density at radius 3 is 3.00 bits per heavy atom. The van der Waals surface area contributed by atoms with Crippen molar-refractivity contribution in [1.29, 1.82) is 0 Å². The van der Waals surface area contributed by atoms with Gasteiger partial charge in [-0.15, -0.1) is 0 Å². The van der Waals surface area contributed by atoms with Gasteiger partial charge in [-0.1, -0.05) is 18.2 Å². The van der Waals surface area contributed by atoms with E-state index in [2.05, 4.69) is 16.1 Å². The molecular weight excluding hydrogens is 304 g/mol. The second-order valence-corrected chi connectivity index (χ2v) is 6.65. The topological polar surface area (TPSA) is 60.2 Å². The van der Waals surface area contributed by atoms with Crippen LogP contribution in [0.15, 0.2) is 36.9 Å². The molecule has 0 radical (unpaired) electrons. The summed E-state index contributed by atoms with van der Waals surface area (Å²) in [6.45, 7) is 1.58. The van der Waals surface area contributed by atoms with Crippen molar-refractivity contribution in [2.24, 2.45) is 5.92 Å². The maximum absolute atomic E-state index is 12.9. The number of hydrogen-bond acceptors (Lipinski definition) is 4. The number of nitrogens with zero attached hydrogens (tertiary/aromatic N) is 4. The van der Waals surface area contributed by atoms with Gasteiger partial charge in [-0.3, -0.25) is 4.79 Å². The molecule has 1 aliphatic carbocycles. The number of piperidine rings is 1. The molecule has 1 aliphatic heterocycles. The molecule has 2 aromatic rings. The van der Waals surface area contributed by atoms with Gasteiger partial charge in [-0.2, -0.15) is 5.10 Å². The summed E-state index contributed by atoms with van der Waals surface area (Å²) in [6.07, 6.45) is 6.28. The highest BCUT2D eigenvalue weighted by molar-refractivity contribution is 5.83. The summed E-state index contributed by atoms with van der Waals surface area (Å²) in [7, 11) is 1.69. The number of carbonyl (C=O) groups excluding carboxylic acids is 1. The Morgan fingerprint density at radius 2 is 2.21 bits per heavy atom. The average Bonchev–Trinajstić information content (AvgIpc) is 3.24. The average molecular weight is 326 g/mol. The minimum Gasteiger partial charge on any atom is -0.496 e. The summed E-state index contributed by atoms with van der Waals surface area (Å²) in [4.78, 5) is 18.9. The molecule has 1 saturated carbocycles. The smallest absolute Gasteiger partial charge is 0.226 e. The molecule has 0 spiro atoms. The molecule has 6 nitrogen and oxygen atoms in total. The number of ether oxygens (including phenoxy) is 1. The number of benzene rings is 1. The molecule has 2 fully saturated rings. The van der Waals surface area contributed by atoms with E-state index in [0.717, 1.165) is 43.7 Å². The summed E-state index contributed by atoms with van der Waals surface area (Å²) in [5.74, 6) is 1.55. The van der Waals surface area contributed by atoms with Gasteiger partial charge >= 0.3 is 0 Å². The third-order valence-electron chi connectivity index (χ3n) is 5.16. The summed E-state index contributed by atoms with van der Waals surface area (Å²) in [5.41, 5.74) is 1.16. The van der Waals surface area contributed by atoms with Crippen LogP contribution < -0.4 is 4.74 Å². The van der Waals surface area contributed by atoms with Gasteiger partial charge in [0.2, 0.25) is 5.91 Å². The van der Waals surface area contributed by atoms with E-state index in [1.54, 1.807) is 19.8 Å². The van der Waals surface area contributed by atoms with Crippen molar-refractivity contribution in [2.45, 2.75) is 31.2 Å². The first-order valence-electron chi connectivity index (χ1n) is 8.53. The van der Waals surface area contributed by atoms with Crippen molar-refractivity contribution in [3.8, 4) is 5.75 Å². The monoisotopic (exact) mass is 326 g/mol. The van der Waals surface area contributed by atoms with E-state index in [1.165, 1.54) is 0 Å². The molecule has 1 amide bonds. The summed E-state index contributed by atoms with van der Waals surface area (Å²) in [5, 5.41) is 4.23. The number of likely N-dealkylation sites (tertiary alicyclic amines) is 1. The maximum Gasteiger partial charge on any atom is 0.226 e. The van der Waals surface area contributed by atoms with Gasteiger partial charge in [0.15, 0.2) is 0 Å². The molecule has 0 bridgehead atoms. The number of para-hydroxylation sites is 1. The second kappa shape index (κ2) is 6.26. The number of aromatic nitrogens is 3. The quantitative estimate of drug-likeness (QED) is 0.865. The minimum absolute atomic E-state index is 0.0933. The molecule has 2 heterocycles. The fraction of sp³-hybridized carbons (Fsp3) is 0.500. The van der Waals surface area contributed by atoms with Gasteiger partial charge < -0.3 is 9.64 Å². The van der Waals surface area contributed by atoms with Crippen LogP contribution in [0.1, 0.15) is 36.8 Å². The van der Waals surface area contributed by atoms with Crippen molar-refractivity contribution < 1.29 is 9.53 Å². The zero-order valence-electron chi connectivity index (χ0n) is 13.8. The Balaban J connectivity index is 1.43. The van der Waals surface area contributed by atoms with E-state index in [9.17, 15) is 4.79 Å². The summed E-state index contributed by atoms with van der Waals surface area (Å²) < 4.78 is 7.32. The number of rotatable bonds is 4. The van der Waals surface area contributed by atoms with Gasteiger partial charge in [0, 0.05) is 19.0 Å². The highest BCUT2D eigenvalue weighted by Gasteiger charge is 2.47. The first-order valence-corrected chi connectivity index (χ1v) is 8.53. The molecule has 0 N–H and O–H groups in total. The normalized spacial score (nSPS) is 26.2. The van der Waals surface area contributed by atoms with Crippen molar-refractivity contribution in [3.63, 3.8) is 0 Å². The Labute approximate surface area is 141 Å². The standard InChI is InChI=1S/C18H22N4O2/c1-24-17-7-3-2-6-14(17)15-9-16(15)18(23)21-8-4-5-13(10-21)22-12-19-11-20-22/h2-3,6-7,11-13,15-16H,4-5,8-10H2,1H3/t13-,15+,16+/m1/s1. The summed E-state index contributed by atoms with van der Waals surface area (Å²) >= 11 is 0. The van der Waals surface area contributed by atoms with Crippen molar-refractivity contribution in [3.05, 3.63) is 42.5 Å². The van der Waals surface area contributed by atoms with Crippen LogP contribution in [0.5, 0.6) is 5.75 Å². The molecule has 126 valence electrons. The molecule has 24 heavy (non-hydrogen) atoms. The van der Waals surface area contributed by atoms with Crippen molar-refractivity contribution in [2.75, 3.05) is 20.2 Å². The van der Waals surface area contributed by atoms with E-state index in [4.69, 9.17) is 4.74 Å². The fourth-order valence-electron chi connectivity index (χ4n) is 3.80. The van der Waals surface area contributed by atoms with Gasteiger partial charge in [0.05, 0.1) is 13.2 Å². The molecular formula is C18H22N4O2. The minimum atomic E-state index is 0.0933. The first kappa shape index (κ1) is 15.2. The lowest BCUT2D eigenvalue weighted by Gasteiger charge is -2.33. The number of amides is 1. The molecule has 1 saturated heterocycles. The molecule has 1 aromatic carbocycles. The predicted octanol–water partition coefficient (Wildman–Crippen LogP) is 2.25. The van der Waals surface area contributed by atoms with Gasteiger partial charge in [0.1, 0.15) is 18.4 Å². The number of hydrogen-bond donors (Lipinski definition) is 0. The highest BCUT2D eigenvalue weighted by atomic mass is 16.5. The largest absolute Gasteiger partial charge is 0.496 e. The van der Waals surface area contributed by atoms with Crippen LogP contribution in [-0.2, 0) is 4.79 Å². The van der Waals surface area contributed by atoms with Gasteiger partial charge in [-0.25, -0.2) is 9.67 Å². The van der Waals surface area contributed by atoms with E-state index in [-0.39, 0.29) is 17.9 Å². The van der Waals surface area contributed by atoms with E-state index >= 15 is 0 Å². The van der Waals surface area contributed by atoms with Crippen LogP contribution in [0.2, 0.25) is 0 Å². The lowest BCUT2D eigenvalue weighted by Crippen LogP contribution is -2.41. The molecule has 4 rings (SSSR count). The summed E-state index contributed by atoms with van der Waals surface area (Å²) in [6, 6.07) is 8.27. The zero-order valence-corrected chi connectivity index (χ0v) is 13.8. The molecule has 0 unspecified atom stereocenters. The lowest BCUT2D eigenvalue weighted by atomic mass is 10.0. The van der Waals surface area contributed by atoms with Crippen LogP contribution in [0.4, 0.5) is 0 Å². The Morgan fingerprint density at radius 1 is 1.33 bits per heavy atom. The van der Waals surface area contributed by atoms with E-state index in [1.807, 2.05) is 27.8 Å². The van der Waals surface area contributed by atoms with Crippen molar-refractivity contribution in [1.82, 2.24) is 19.7 Å². The molecule has 3 atom stereocenters. The highest BCUT2D eigenvalue weighted by Crippen LogP contribution is 2.51. The van der Waals surface area contributed by atoms with Crippen LogP contribution in [0.3, 0.4) is 0 Å². The fourth-order valence-corrected chi connectivity index (χ4v) is 3.80. The van der Waals surface area contributed by atoms with Crippen LogP contribution in [0.25, 0.3) is 0 Å².